The van der Waals surface area contributed by atoms with Crippen molar-refractivity contribution in [2.24, 2.45) is 5.92 Å². The van der Waals surface area contributed by atoms with Crippen LogP contribution in [0.5, 0.6) is 0 Å². The third-order valence-electron chi connectivity index (χ3n) is 8.26. The molecule has 0 saturated heterocycles. The first-order valence-corrected chi connectivity index (χ1v) is 14.5. The maximum Gasteiger partial charge on any atom is 0.411 e. The number of nitrogens with one attached hydrogen (secondary N) is 3. The number of hydrogen-bond acceptors (Lipinski definition) is 6. The summed E-state index contributed by atoms with van der Waals surface area (Å²) in [6.07, 6.45) is 4.20. The van der Waals surface area contributed by atoms with Crippen LogP contribution in [0.15, 0.2) is 73.3 Å². The molecule has 2 aliphatic carbocycles. The quantitative estimate of drug-likeness (QED) is 0.189. The van der Waals surface area contributed by atoms with Crippen molar-refractivity contribution >= 4 is 51.7 Å². The van der Waals surface area contributed by atoms with Crippen LogP contribution in [0.4, 0.5) is 25.1 Å². The lowest BCUT2D eigenvalue weighted by Crippen LogP contribution is -2.19. The lowest BCUT2D eigenvalue weighted by atomic mass is 9.98. The van der Waals surface area contributed by atoms with Crippen LogP contribution in [0.3, 0.4) is 0 Å². The molecular formula is C32H22ClF2N7O3. The number of fused-ring (bicyclic) bond motifs is 5. The molecule has 3 N–H and O–H groups in total. The molecule has 2 atom stereocenters. The Morgan fingerprint density at radius 1 is 1.04 bits per heavy atom. The predicted octanol–water partition coefficient (Wildman–Crippen LogP) is 6.72. The second-order valence-electron chi connectivity index (χ2n) is 11.0. The number of carbonyl (C=O) groups excluding carboxylic acids is 2. The van der Waals surface area contributed by atoms with E-state index < -0.39 is 29.9 Å². The zero-order valence-corrected chi connectivity index (χ0v) is 24.0. The third-order valence-corrected chi connectivity index (χ3v) is 8.61. The number of ether oxygens (including phenoxy) is 1. The summed E-state index contributed by atoms with van der Waals surface area (Å²) in [7, 11) is 0. The predicted molar refractivity (Wildman–Crippen MR) is 163 cm³/mol. The number of benzene rings is 3. The largest absolute Gasteiger partial charge is 0.448 e. The summed E-state index contributed by atoms with van der Waals surface area (Å²) in [5.74, 6) is -1.95. The van der Waals surface area contributed by atoms with Crippen molar-refractivity contribution in [3.05, 3.63) is 95.3 Å². The highest BCUT2D eigenvalue weighted by molar-refractivity contribution is 6.36. The Kier molecular flexibility index (Phi) is 6.27. The van der Waals surface area contributed by atoms with Gasteiger partial charge >= 0.3 is 6.09 Å². The molecule has 1 fully saturated rings. The number of aromatic nitrogens is 5. The Hall–Kier alpha value is -5.36. The monoisotopic (exact) mass is 625 g/mol. The number of carbonyl (C=O) groups is 2. The topological polar surface area (TPSA) is 126 Å². The average Bonchev–Trinajstić information content (AvgIpc) is 3.35. The fourth-order valence-corrected chi connectivity index (χ4v) is 6.25. The molecule has 10 nitrogen and oxygen atoms in total. The zero-order chi connectivity index (χ0) is 30.8. The summed E-state index contributed by atoms with van der Waals surface area (Å²) < 4.78 is 36.3. The highest BCUT2D eigenvalue weighted by Crippen LogP contribution is 2.45. The minimum Gasteiger partial charge on any atom is -0.448 e. The molecule has 0 spiro atoms. The van der Waals surface area contributed by atoms with Crippen LogP contribution >= 0.6 is 11.6 Å². The lowest BCUT2D eigenvalue weighted by Gasteiger charge is -2.16. The first kappa shape index (κ1) is 27.2. The summed E-state index contributed by atoms with van der Waals surface area (Å²) in [4.78, 5) is 33.8. The number of rotatable bonds is 6. The summed E-state index contributed by atoms with van der Waals surface area (Å²) in [6, 6.07) is 15.9. The number of imidazole rings is 1. The zero-order valence-electron chi connectivity index (χ0n) is 23.2. The van der Waals surface area contributed by atoms with Gasteiger partial charge in [0.15, 0.2) is 17.3 Å². The van der Waals surface area contributed by atoms with E-state index in [1.165, 1.54) is 18.6 Å². The highest BCUT2D eigenvalue weighted by Gasteiger charge is 2.43. The van der Waals surface area contributed by atoms with Gasteiger partial charge in [-0.3, -0.25) is 20.2 Å². The smallest absolute Gasteiger partial charge is 0.411 e. The number of aromatic amines is 1. The van der Waals surface area contributed by atoms with Crippen molar-refractivity contribution in [2.45, 2.75) is 18.5 Å². The average molecular weight is 626 g/mol. The number of halogens is 3. The van der Waals surface area contributed by atoms with Gasteiger partial charge in [0.2, 0.25) is 5.91 Å². The van der Waals surface area contributed by atoms with Crippen molar-refractivity contribution in [3.8, 4) is 22.4 Å². The lowest BCUT2D eigenvalue weighted by molar-refractivity contribution is -0.117. The summed E-state index contributed by atoms with van der Waals surface area (Å²) in [6.45, 7) is 0.0473. The van der Waals surface area contributed by atoms with Crippen molar-refractivity contribution < 1.29 is 23.1 Å². The third kappa shape index (κ3) is 4.56. The van der Waals surface area contributed by atoms with Crippen molar-refractivity contribution in [1.29, 1.82) is 0 Å². The van der Waals surface area contributed by atoms with Crippen LogP contribution in [0.1, 0.15) is 23.5 Å². The molecule has 0 radical (unpaired) electrons. The van der Waals surface area contributed by atoms with Gasteiger partial charge < -0.3 is 14.5 Å². The summed E-state index contributed by atoms with van der Waals surface area (Å²) >= 11 is 6.56. The highest BCUT2D eigenvalue weighted by atomic mass is 35.5. The minimum atomic E-state index is -1.13. The van der Waals surface area contributed by atoms with Crippen LogP contribution in [0.25, 0.3) is 38.9 Å². The molecule has 2 amide bonds. The van der Waals surface area contributed by atoms with E-state index in [1.54, 1.807) is 10.6 Å². The van der Waals surface area contributed by atoms with E-state index in [1.807, 2.05) is 48.5 Å². The Bertz CT molecular complexity index is 2140. The first-order valence-electron chi connectivity index (χ1n) is 14.1. The molecule has 1 saturated carbocycles. The molecule has 13 heteroatoms. The molecular weight excluding hydrogens is 604 g/mol. The van der Waals surface area contributed by atoms with Gasteiger partial charge in [0, 0.05) is 23.1 Å². The molecule has 3 aromatic heterocycles. The summed E-state index contributed by atoms with van der Waals surface area (Å²) in [5, 5.41) is 12.0. The van der Waals surface area contributed by atoms with Crippen LogP contribution in [0, 0.1) is 11.7 Å². The van der Waals surface area contributed by atoms with Gasteiger partial charge in [-0.05, 0) is 28.7 Å². The van der Waals surface area contributed by atoms with E-state index >= 15 is 4.39 Å². The molecule has 224 valence electrons. The summed E-state index contributed by atoms with van der Waals surface area (Å²) in [5.41, 5.74) is 5.16. The van der Waals surface area contributed by atoms with Gasteiger partial charge in [-0.2, -0.15) is 5.10 Å². The van der Waals surface area contributed by atoms with E-state index in [0.29, 0.717) is 11.0 Å². The molecule has 3 aromatic carbocycles. The molecule has 0 bridgehead atoms. The fourth-order valence-electron chi connectivity index (χ4n) is 5.96. The Morgan fingerprint density at radius 3 is 2.47 bits per heavy atom. The molecule has 6 aromatic rings. The normalized spacial score (nSPS) is 16.9. The number of amides is 2. The second-order valence-corrected chi connectivity index (χ2v) is 11.4. The number of anilines is 2. The van der Waals surface area contributed by atoms with E-state index in [-0.39, 0.29) is 52.2 Å². The Morgan fingerprint density at radius 2 is 1.76 bits per heavy atom. The standard InChI is InChI=1S/C32H22ClF2N7O3/c33-27-26(23-12-42-13-24(38-25(42)11-36-23)39-31(43)19-9-22(19)34)20-10-37-41-29(20)30(28(27)35)40-32(44)45-14-21-17-7-3-1-5-15(17)16-6-2-4-8-18(16)21/h1-8,10-13,19,21-22H,9,14H2,(H,37,41)(H,39,43)(H,40,44)/t19-,22+/m1/s1. The molecule has 45 heavy (non-hydrogen) atoms. The van der Waals surface area contributed by atoms with Crippen LogP contribution < -0.4 is 10.6 Å². The first-order chi connectivity index (χ1) is 21.9. The maximum absolute atomic E-state index is 15.9. The van der Waals surface area contributed by atoms with E-state index in [9.17, 15) is 14.0 Å². The van der Waals surface area contributed by atoms with Crippen molar-refractivity contribution in [3.63, 3.8) is 0 Å². The van der Waals surface area contributed by atoms with Crippen LogP contribution in [-0.4, -0.2) is 49.3 Å². The van der Waals surface area contributed by atoms with Gasteiger partial charge in [0.25, 0.3) is 0 Å². The van der Waals surface area contributed by atoms with Crippen molar-refractivity contribution in [1.82, 2.24) is 24.6 Å². The molecule has 0 unspecified atom stereocenters. The second kappa shape index (κ2) is 10.4. The Balaban J connectivity index is 1.05. The van der Waals surface area contributed by atoms with Crippen LogP contribution in [0.2, 0.25) is 5.02 Å². The number of hydrogen-bond donors (Lipinski definition) is 3. The number of alkyl halides is 1. The van der Waals surface area contributed by atoms with Gasteiger partial charge in [0.1, 0.15) is 18.5 Å². The van der Waals surface area contributed by atoms with E-state index in [4.69, 9.17) is 16.3 Å². The molecule has 0 aliphatic heterocycles. The van der Waals surface area contributed by atoms with Crippen molar-refractivity contribution in [2.75, 3.05) is 17.2 Å². The van der Waals surface area contributed by atoms with Gasteiger partial charge in [-0.15, -0.1) is 0 Å². The van der Waals surface area contributed by atoms with Crippen LogP contribution in [-0.2, 0) is 9.53 Å². The molecule has 2 aliphatic rings. The van der Waals surface area contributed by atoms with E-state index in [0.717, 1.165) is 22.3 Å². The number of nitrogens with zero attached hydrogens (tertiary/aromatic N) is 4. The molecule has 8 rings (SSSR count). The molecule has 3 heterocycles. The number of H-pyrrole nitrogens is 1. The minimum absolute atomic E-state index is 0.0473. The van der Waals surface area contributed by atoms with Gasteiger partial charge in [0.05, 0.1) is 40.7 Å². The van der Waals surface area contributed by atoms with E-state index in [2.05, 4.69) is 30.8 Å². The SMILES string of the molecule is O=C(Nc1c(F)c(Cl)c(-c2cn3cc(NC(=O)[C@@H]4C[C@@H]4F)nc3cn2)c2cn[nH]c12)OCC1c2ccccc2-c2ccccc21. The Labute approximate surface area is 258 Å². The van der Waals surface area contributed by atoms with Gasteiger partial charge in [-0.25, -0.2) is 18.6 Å². The van der Waals surface area contributed by atoms with Gasteiger partial charge in [-0.1, -0.05) is 60.1 Å². The fraction of sp³-hybridized carbons (Fsp3) is 0.156. The maximum atomic E-state index is 15.9.